The van der Waals surface area contributed by atoms with Crippen molar-refractivity contribution in [1.29, 1.82) is 0 Å². The minimum absolute atomic E-state index is 0. The summed E-state index contributed by atoms with van der Waals surface area (Å²) in [5, 5.41) is 49.0. The number of hydrogen-bond acceptors (Lipinski definition) is 8. The van der Waals surface area contributed by atoms with E-state index < -0.39 is 0 Å². The normalized spacial score (nSPS) is 11.2. The number of pyridine rings is 2. The summed E-state index contributed by atoms with van der Waals surface area (Å²) in [7, 11) is 0. The van der Waals surface area contributed by atoms with Crippen molar-refractivity contribution in [3.8, 4) is 11.5 Å². The molecule has 9 heteroatoms. The predicted molar refractivity (Wildman–Crippen MR) is 179 cm³/mol. The van der Waals surface area contributed by atoms with Crippen LogP contribution in [0.2, 0.25) is 0 Å². The Morgan fingerprint density at radius 2 is 0.638 bits per heavy atom. The third-order valence-corrected chi connectivity index (χ3v) is 7.52. The van der Waals surface area contributed by atoms with Crippen LogP contribution in [0.5, 0.6) is 11.5 Å². The van der Waals surface area contributed by atoms with Crippen molar-refractivity contribution in [1.82, 2.24) is 9.97 Å². The van der Waals surface area contributed by atoms with Crippen molar-refractivity contribution in [2.75, 3.05) is 0 Å². The molecule has 6 aromatic carbocycles. The molecule has 0 atom stereocenters. The van der Waals surface area contributed by atoms with Crippen molar-refractivity contribution in [3.63, 3.8) is 0 Å². The van der Waals surface area contributed by atoms with Gasteiger partial charge in [-0.15, -0.1) is 20.5 Å². The van der Waals surface area contributed by atoms with E-state index in [1.807, 2.05) is 121 Å². The van der Waals surface area contributed by atoms with E-state index in [0.29, 0.717) is 33.8 Å². The third-order valence-electron chi connectivity index (χ3n) is 7.52. The Bertz CT molecular complexity index is 2230. The number of benzene rings is 6. The molecule has 0 aliphatic rings. The molecule has 8 nitrogen and oxygen atoms in total. The summed E-state index contributed by atoms with van der Waals surface area (Å²) >= 11 is 0. The van der Waals surface area contributed by atoms with Gasteiger partial charge >= 0.3 is 16.8 Å². The second-order valence-electron chi connectivity index (χ2n) is 10.3. The first-order chi connectivity index (χ1) is 22.7. The van der Waals surface area contributed by atoms with Crippen LogP contribution in [0.4, 0.5) is 23.0 Å². The fourth-order valence-electron chi connectivity index (χ4n) is 5.41. The second kappa shape index (κ2) is 13.9. The molecule has 2 heterocycles. The minimum atomic E-state index is -0.112. The summed E-state index contributed by atoms with van der Waals surface area (Å²) in [6, 6.07) is 41.4. The van der Waals surface area contributed by atoms with Gasteiger partial charge in [0.15, 0.2) is 11.6 Å². The zero-order valence-electron chi connectivity index (χ0n) is 24.7. The van der Waals surface area contributed by atoms with Crippen LogP contribution in [0.15, 0.2) is 166 Å². The molecule has 8 aromatic rings. The van der Waals surface area contributed by atoms with Crippen molar-refractivity contribution >= 4 is 66.1 Å². The first-order valence-corrected chi connectivity index (χ1v) is 14.6. The van der Waals surface area contributed by atoms with Gasteiger partial charge in [-0.1, -0.05) is 121 Å². The molecule has 0 amide bonds. The van der Waals surface area contributed by atoms with Crippen molar-refractivity contribution in [2.24, 2.45) is 20.5 Å². The third kappa shape index (κ3) is 6.26. The standard InChI is InChI=1S/2C19H13N3O.Co/c2*23-19-16-10-4-2-8-14(16)13-7-1-3-9-15(13)18(19)22-21-17-11-5-6-12-20-17;/h2*1-12,23H;/q;;+2/p-2. The van der Waals surface area contributed by atoms with E-state index in [-0.39, 0.29) is 28.3 Å². The molecular weight excluding hydrogens is 631 g/mol. The first-order valence-electron chi connectivity index (χ1n) is 14.6. The topological polar surface area (TPSA) is 121 Å². The van der Waals surface area contributed by atoms with Gasteiger partial charge in [-0.2, -0.15) is 0 Å². The Hall–Kier alpha value is -6.03. The number of azo groups is 2. The van der Waals surface area contributed by atoms with Crippen molar-refractivity contribution < 1.29 is 27.0 Å². The largest absolute Gasteiger partial charge is 2.00 e. The maximum atomic E-state index is 12.8. The van der Waals surface area contributed by atoms with Crippen LogP contribution in [0.3, 0.4) is 0 Å². The summed E-state index contributed by atoms with van der Waals surface area (Å²) < 4.78 is 0. The number of aromatic nitrogens is 2. The summed E-state index contributed by atoms with van der Waals surface area (Å²) in [6.07, 6.45) is 3.29. The molecule has 0 fully saturated rings. The fourth-order valence-corrected chi connectivity index (χ4v) is 5.41. The molecule has 0 spiro atoms. The summed E-state index contributed by atoms with van der Waals surface area (Å²) in [5.74, 6) is 0.728. The molecule has 0 saturated heterocycles. The van der Waals surface area contributed by atoms with E-state index in [2.05, 4.69) is 30.4 Å². The van der Waals surface area contributed by atoms with Gasteiger partial charge in [0.05, 0.1) is 11.4 Å². The molecule has 47 heavy (non-hydrogen) atoms. The molecule has 0 N–H and O–H groups in total. The van der Waals surface area contributed by atoms with Crippen molar-refractivity contribution in [3.05, 3.63) is 146 Å². The molecule has 2 aromatic heterocycles. The van der Waals surface area contributed by atoms with Crippen LogP contribution in [0.1, 0.15) is 0 Å². The predicted octanol–water partition coefficient (Wildman–Crippen LogP) is 9.75. The Kier molecular flexibility index (Phi) is 9.19. The van der Waals surface area contributed by atoms with E-state index in [1.165, 1.54) is 0 Å². The van der Waals surface area contributed by atoms with Crippen LogP contribution in [0, 0.1) is 0 Å². The average molecular weight is 656 g/mol. The van der Waals surface area contributed by atoms with E-state index in [9.17, 15) is 10.2 Å². The van der Waals surface area contributed by atoms with Gasteiger partial charge in [0.25, 0.3) is 0 Å². The van der Waals surface area contributed by atoms with Crippen LogP contribution in [0.25, 0.3) is 43.1 Å². The van der Waals surface area contributed by atoms with Gasteiger partial charge < -0.3 is 10.2 Å². The maximum absolute atomic E-state index is 12.8. The molecule has 0 saturated carbocycles. The molecule has 0 aliphatic heterocycles. The quantitative estimate of drug-likeness (QED) is 0.138. The van der Waals surface area contributed by atoms with Crippen LogP contribution in [-0.4, -0.2) is 9.97 Å². The van der Waals surface area contributed by atoms with E-state index >= 15 is 0 Å². The van der Waals surface area contributed by atoms with Gasteiger partial charge in [0, 0.05) is 23.2 Å². The monoisotopic (exact) mass is 655 g/mol. The molecule has 8 rings (SSSR count). The smallest absolute Gasteiger partial charge is 0.871 e. The van der Waals surface area contributed by atoms with Gasteiger partial charge in [-0.05, 0) is 56.6 Å². The van der Waals surface area contributed by atoms with Gasteiger partial charge in [0.1, 0.15) is 0 Å². The van der Waals surface area contributed by atoms with E-state index in [0.717, 1.165) is 32.3 Å². The van der Waals surface area contributed by atoms with E-state index in [1.54, 1.807) is 24.5 Å². The summed E-state index contributed by atoms with van der Waals surface area (Å²) in [6.45, 7) is 0. The average Bonchev–Trinajstić information content (AvgIpc) is 3.13. The second-order valence-corrected chi connectivity index (χ2v) is 10.3. The Balaban J connectivity index is 0.000000161. The van der Waals surface area contributed by atoms with Gasteiger partial charge in [0.2, 0.25) is 0 Å². The Morgan fingerprint density at radius 3 is 0.979 bits per heavy atom. The summed E-state index contributed by atoms with van der Waals surface area (Å²) in [4.78, 5) is 8.21. The number of nitrogens with zero attached hydrogens (tertiary/aromatic N) is 6. The molecule has 0 unspecified atom stereocenters. The fraction of sp³-hybridized carbons (Fsp3) is 0. The molecule has 0 bridgehead atoms. The van der Waals surface area contributed by atoms with Crippen molar-refractivity contribution in [2.45, 2.75) is 0 Å². The van der Waals surface area contributed by atoms with Crippen LogP contribution >= 0.6 is 0 Å². The Morgan fingerprint density at radius 1 is 0.340 bits per heavy atom. The molecular formula is C38H24CoN6O2. The number of hydrogen-bond donors (Lipinski definition) is 0. The number of rotatable bonds is 4. The van der Waals surface area contributed by atoms with Gasteiger partial charge in [-0.3, -0.25) is 0 Å². The van der Waals surface area contributed by atoms with Crippen LogP contribution < -0.4 is 10.2 Å². The molecule has 0 aliphatic carbocycles. The molecule has 227 valence electrons. The minimum Gasteiger partial charge on any atom is -0.871 e. The van der Waals surface area contributed by atoms with Crippen LogP contribution in [-0.2, 0) is 16.8 Å². The van der Waals surface area contributed by atoms with Gasteiger partial charge in [-0.25, -0.2) is 9.97 Å². The van der Waals surface area contributed by atoms with E-state index in [4.69, 9.17) is 0 Å². The number of fused-ring (bicyclic) bond motifs is 6. The zero-order chi connectivity index (χ0) is 31.3. The zero-order valence-corrected chi connectivity index (χ0v) is 25.7. The molecule has 1 radical (unpaired) electrons. The first kappa shape index (κ1) is 31.0. The SMILES string of the molecule is [Co+2].[O-]c1c(N=Nc2ccccn2)c2ccccc2c2ccccc12.[O-]c1c(N=Nc2ccccn2)c2ccccc2c2ccccc12. The summed E-state index contributed by atoms with van der Waals surface area (Å²) in [5.41, 5.74) is 0.704. The maximum Gasteiger partial charge on any atom is 2.00 e. The Labute approximate surface area is 280 Å².